The van der Waals surface area contributed by atoms with Crippen molar-refractivity contribution in [1.82, 2.24) is 4.57 Å². The second-order valence-electron chi connectivity index (χ2n) is 4.67. The zero-order valence-electron chi connectivity index (χ0n) is 11.4. The molecular formula is C17H13NO2S. The number of aromatic nitrogens is 1. The van der Waals surface area contributed by atoms with E-state index in [2.05, 4.69) is 0 Å². The summed E-state index contributed by atoms with van der Waals surface area (Å²) in [6.45, 7) is 0. The van der Waals surface area contributed by atoms with Crippen LogP contribution in [0.25, 0.3) is 22.5 Å². The first-order valence-electron chi connectivity index (χ1n) is 6.53. The summed E-state index contributed by atoms with van der Waals surface area (Å²) in [5, 5.41) is 0. The van der Waals surface area contributed by atoms with Crippen molar-refractivity contribution in [3.63, 3.8) is 0 Å². The lowest BCUT2D eigenvalue weighted by Crippen LogP contribution is -2.20. The van der Waals surface area contributed by atoms with Crippen molar-refractivity contribution in [2.45, 2.75) is 0 Å². The van der Waals surface area contributed by atoms with Crippen LogP contribution in [0.1, 0.15) is 0 Å². The maximum Gasteiger partial charge on any atom is 0.271 e. The van der Waals surface area contributed by atoms with Gasteiger partial charge in [-0.1, -0.05) is 60.7 Å². The fraction of sp³-hybridized carbons (Fsp3) is 0.0588. The normalized spacial score (nSPS) is 10.5. The summed E-state index contributed by atoms with van der Waals surface area (Å²) in [6, 6.07) is 19.0. The zero-order chi connectivity index (χ0) is 14.8. The standard InChI is InChI=1S/C17H13NO2S/c1-18-16(19)14(12-8-4-2-5-9-12)15(20-17(18)21)13-10-6-3-7-11-13/h2-11H,1H3. The van der Waals surface area contributed by atoms with Gasteiger partial charge in [-0.3, -0.25) is 9.36 Å². The van der Waals surface area contributed by atoms with Gasteiger partial charge in [0.15, 0.2) is 5.76 Å². The highest BCUT2D eigenvalue weighted by Crippen LogP contribution is 2.29. The molecule has 0 saturated carbocycles. The lowest BCUT2D eigenvalue weighted by molar-refractivity contribution is 0.485. The zero-order valence-corrected chi connectivity index (χ0v) is 12.3. The van der Waals surface area contributed by atoms with Gasteiger partial charge in [-0.05, 0) is 17.8 Å². The number of benzene rings is 2. The van der Waals surface area contributed by atoms with E-state index in [9.17, 15) is 4.79 Å². The molecule has 1 heterocycles. The Morgan fingerprint density at radius 1 is 0.905 bits per heavy atom. The molecule has 1 aromatic heterocycles. The van der Waals surface area contributed by atoms with Gasteiger partial charge >= 0.3 is 0 Å². The first-order valence-corrected chi connectivity index (χ1v) is 6.94. The third-order valence-corrected chi connectivity index (χ3v) is 3.66. The summed E-state index contributed by atoms with van der Waals surface area (Å²) in [5.74, 6) is 0.509. The minimum Gasteiger partial charge on any atom is -0.430 e. The molecule has 2 aromatic carbocycles. The van der Waals surface area contributed by atoms with Crippen molar-refractivity contribution in [3.8, 4) is 22.5 Å². The van der Waals surface area contributed by atoms with Gasteiger partial charge in [0.2, 0.25) is 0 Å². The molecule has 0 aliphatic rings. The van der Waals surface area contributed by atoms with Crippen LogP contribution in [0, 0.1) is 4.84 Å². The number of nitrogens with zero attached hydrogens (tertiary/aromatic N) is 1. The van der Waals surface area contributed by atoms with Crippen LogP contribution in [0.15, 0.2) is 69.9 Å². The van der Waals surface area contributed by atoms with Crippen molar-refractivity contribution in [3.05, 3.63) is 75.9 Å². The van der Waals surface area contributed by atoms with E-state index in [0.717, 1.165) is 11.1 Å². The summed E-state index contributed by atoms with van der Waals surface area (Å²) in [6.07, 6.45) is 0. The number of hydrogen-bond acceptors (Lipinski definition) is 3. The first-order chi connectivity index (χ1) is 10.2. The Balaban J connectivity index is 2.40. The summed E-state index contributed by atoms with van der Waals surface area (Å²) < 4.78 is 7.09. The monoisotopic (exact) mass is 295 g/mol. The largest absolute Gasteiger partial charge is 0.430 e. The lowest BCUT2D eigenvalue weighted by Gasteiger charge is -2.10. The summed E-state index contributed by atoms with van der Waals surface area (Å²) in [5.41, 5.74) is 2.02. The Bertz CT molecular complexity index is 880. The summed E-state index contributed by atoms with van der Waals surface area (Å²) >= 11 is 5.13. The maximum atomic E-state index is 12.6. The lowest BCUT2D eigenvalue weighted by atomic mass is 10.0. The van der Waals surface area contributed by atoms with Gasteiger partial charge in [0.25, 0.3) is 10.4 Å². The average molecular weight is 295 g/mol. The molecule has 3 nitrogen and oxygen atoms in total. The molecule has 0 N–H and O–H groups in total. The average Bonchev–Trinajstić information content (AvgIpc) is 2.54. The third kappa shape index (κ3) is 2.45. The SMILES string of the molecule is Cn1c(=S)oc(-c2ccccc2)c(-c2ccccc2)c1=O. The van der Waals surface area contributed by atoms with Crippen molar-refractivity contribution in [1.29, 1.82) is 0 Å². The maximum absolute atomic E-state index is 12.6. The van der Waals surface area contributed by atoms with Gasteiger partial charge in [-0.2, -0.15) is 0 Å². The van der Waals surface area contributed by atoms with E-state index in [4.69, 9.17) is 16.6 Å². The quantitative estimate of drug-likeness (QED) is 0.669. The van der Waals surface area contributed by atoms with Crippen LogP contribution >= 0.6 is 12.2 Å². The second kappa shape index (κ2) is 5.50. The molecule has 3 rings (SSSR count). The Kier molecular flexibility index (Phi) is 3.54. The van der Waals surface area contributed by atoms with Crippen LogP contribution in [-0.2, 0) is 7.05 Å². The molecule has 0 aliphatic heterocycles. The highest BCUT2D eigenvalue weighted by atomic mass is 32.1. The van der Waals surface area contributed by atoms with Crippen LogP contribution in [0.3, 0.4) is 0 Å². The summed E-state index contributed by atoms with van der Waals surface area (Å²) in [4.78, 5) is 12.8. The van der Waals surface area contributed by atoms with E-state index < -0.39 is 0 Å². The van der Waals surface area contributed by atoms with Gasteiger partial charge < -0.3 is 4.42 Å². The van der Waals surface area contributed by atoms with E-state index in [1.54, 1.807) is 7.05 Å². The predicted molar refractivity (Wildman–Crippen MR) is 85.7 cm³/mol. The van der Waals surface area contributed by atoms with E-state index in [-0.39, 0.29) is 10.4 Å². The third-order valence-electron chi connectivity index (χ3n) is 3.31. The molecule has 0 aliphatic carbocycles. The smallest absolute Gasteiger partial charge is 0.271 e. The van der Waals surface area contributed by atoms with Crippen molar-refractivity contribution < 1.29 is 4.42 Å². The van der Waals surface area contributed by atoms with Crippen LogP contribution < -0.4 is 5.56 Å². The van der Waals surface area contributed by atoms with Crippen LogP contribution in [0.4, 0.5) is 0 Å². The number of hydrogen-bond donors (Lipinski definition) is 0. The fourth-order valence-corrected chi connectivity index (χ4v) is 2.37. The molecule has 0 unspecified atom stereocenters. The van der Waals surface area contributed by atoms with Crippen LogP contribution in [-0.4, -0.2) is 4.57 Å². The van der Waals surface area contributed by atoms with E-state index in [1.807, 2.05) is 60.7 Å². The Labute approximate surface area is 127 Å². The van der Waals surface area contributed by atoms with E-state index >= 15 is 0 Å². The first kappa shape index (κ1) is 13.5. The molecule has 21 heavy (non-hydrogen) atoms. The predicted octanol–water partition coefficient (Wildman–Crippen LogP) is 4.04. The molecule has 0 bridgehead atoms. The molecule has 0 fully saturated rings. The Hall–Kier alpha value is -2.46. The molecular weight excluding hydrogens is 282 g/mol. The molecule has 0 spiro atoms. The molecule has 0 amide bonds. The van der Waals surface area contributed by atoms with Crippen molar-refractivity contribution >= 4 is 12.2 Å². The molecule has 0 saturated heterocycles. The van der Waals surface area contributed by atoms with Crippen molar-refractivity contribution in [2.75, 3.05) is 0 Å². The second-order valence-corrected chi connectivity index (χ2v) is 5.02. The Morgan fingerprint density at radius 2 is 1.43 bits per heavy atom. The fourth-order valence-electron chi connectivity index (χ4n) is 2.21. The van der Waals surface area contributed by atoms with Crippen molar-refractivity contribution in [2.24, 2.45) is 7.05 Å². The van der Waals surface area contributed by atoms with Crippen LogP contribution in [0.2, 0.25) is 0 Å². The van der Waals surface area contributed by atoms with Gasteiger partial charge in [0.05, 0.1) is 5.56 Å². The minimum atomic E-state index is -0.156. The highest BCUT2D eigenvalue weighted by Gasteiger charge is 2.16. The topological polar surface area (TPSA) is 35.1 Å². The molecule has 3 aromatic rings. The van der Waals surface area contributed by atoms with Crippen LogP contribution in [0.5, 0.6) is 0 Å². The molecule has 0 radical (unpaired) electrons. The molecule has 4 heteroatoms. The number of rotatable bonds is 2. The van der Waals surface area contributed by atoms with Gasteiger partial charge in [0.1, 0.15) is 0 Å². The highest BCUT2D eigenvalue weighted by molar-refractivity contribution is 7.71. The minimum absolute atomic E-state index is 0.156. The van der Waals surface area contributed by atoms with Gasteiger partial charge in [-0.15, -0.1) is 0 Å². The van der Waals surface area contributed by atoms with E-state index in [1.165, 1.54) is 4.57 Å². The van der Waals surface area contributed by atoms with E-state index in [0.29, 0.717) is 11.3 Å². The summed E-state index contributed by atoms with van der Waals surface area (Å²) in [7, 11) is 1.62. The molecule has 104 valence electrons. The molecule has 0 atom stereocenters. The van der Waals surface area contributed by atoms with Gasteiger partial charge in [-0.25, -0.2) is 0 Å². The van der Waals surface area contributed by atoms with Gasteiger partial charge in [0, 0.05) is 12.6 Å². The Morgan fingerprint density at radius 3 is 2.00 bits per heavy atom.